The number of anilines is 1. The van der Waals surface area contributed by atoms with Crippen LogP contribution < -0.4 is 4.90 Å². The maximum absolute atomic E-state index is 13.1. The normalized spacial score (nSPS) is 19.5. The molecule has 7 nitrogen and oxygen atoms in total. The van der Waals surface area contributed by atoms with Gasteiger partial charge in [0.05, 0.1) is 19.3 Å². The largest absolute Gasteiger partial charge is 0.467 e. The molecule has 0 radical (unpaired) electrons. The van der Waals surface area contributed by atoms with Gasteiger partial charge in [0.2, 0.25) is 0 Å². The van der Waals surface area contributed by atoms with Gasteiger partial charge in [0.25, 0.3) is 0 Å². The van der Waals surface area contributed by atoms with Crippen molar-refractivity contribution in [3.05, 3.63) is 40.3 Å². The number of esters is 1. The van der Waals surface area contributed by atoms with E-state index in [1.54, 1.807) is 12.1 Å². The molecule has 0 aliphatic carbocycles. The molecule has 1 aliphatic rings. The summed E-state index contributed by atoms with van der Waals surface area (Å²) >= 11 is 0. The maximum Gasteiger partial charge on any atom is 0.328 e. The first-order valence-electron chi connectivity index (χ1n) is 7.73. The number of methoxy groups -OCH3 is 2. The van der Waals surface area contributed by atoms with Crippen LogP contribution in [0.4, 0.5) is 10.1 Å². The number of carbonyl (C=O) groups is 1. The molecule has 1 heterocycles. The van der Waals surface area contributed by atoms with E-state index in [1.165, 1.54) is 14.2 Å². The summed E-state index contributed by atoms with van der Waals surface area (Å²) < 4.78 is 23.2. The van der Waals surface area contributed by atoms with E-state index in [9.17, 15) is 9.18 Å². The number of ether oxygens (including phenoxy) is 2. The van der Waals surface area contributed by atoms with Crippen molar-refractivity contribution in [2.45, 2.75) is 31.0 Å². The SMILES string of the molecule is COC(=O)[C@@H]1CCCN1c1ccc([C@@H](OC)[C@@H](CF)N=[N+]=[N-])cc1. The fraction of sp³-hybridized carbons (Fsp3) is 0.562. The van der Waals surface area contributed by atoms with E-state index >= 15 is 0 Å². The van der Waals surface area contributed by atoms with Gasteiger partial charge in [-0.2, -0.15) is 0 Å². The molecule has 1 aromatic carbocycles. The highest BCUT2D eigenvalue weighted by atomic mass is 19.1. The van der Waals surface area contributed by atoms with Gasteiger partial charge >= 0.3 is 5.97 Å². The van der Waals surface area contributed by atoms with Crippen molar-refractivity contribution in [2.24, 2.45) is 5.11 Å². The molecule has 0 spiro atoms. The van der Waals surface area contributed by atoms with Crippen LogP contribution in [-0.2, 0) is 14.3 Å². The van der Waals surface area contributed by atoms with Gasteiger partial charge in [-0.3, -0.25) is 4.39 Å². The molecule has 0 bridgehead atoms. The van der Waals surface area contributed by atoms with Gasteiger partial charge in [0.15, 0.2) is 0 Å². The van der Waals surface area contributed by atoms with E-state index in [0.717, 1.165) is 25.1 Å². The van der Waals surface area contributed by atoms with E-state index in [-0.39, 0.29) is 12.0 Å². The third kappa shape index (κ3) is 3.77. The zero-order chi connectivity index (χ0) is 17.5. The predicted molar refractivity (Wildman–Crippen MR) is 87.5 cm³/mol. The Morgan fingerprint density at radius 1 is 1.46 bits per heavy atom. The number of alkyl halides is 1. The van der Waals surface area contributed by atoms with Crippen LogP contribution in [0.3, 0.4) is 0 Å². The third-order valence-corrected chi connectivity index (χ3v) is 4.24. The van der Waals surface area contributed by atoms with E-state index in [2.05, 4.69) is 10.0 Å². The Morgan fingerprint density at radius 3 is 2.71 bits per heavy atom. The molecule has 24 heavy (non-hydrogen) atoms. The highest BCUT2D eigenvalue weighted by Gasteiger charge is 2.32. The van der Waals surface area contributed by atoms with Gasteiger partial charge in [-0.05, 0) is 36.1 Å². The average molecular weight is 336 g/mol. The standard InChI is InChI=1S/C16H21FN4O3/c1-23-15(13(10-17)19-20-18)11-5-7-12(8-6-11)21-9-3-4-14(21)16(22)24-2/h5-8,13-15H,3-4,9-10H2,1-2H3/t13-,14+,15-/m1/s1. The maximum atomic E-state index is 13.1. The van der Waals surface area contributed by atoms with Crippen LogP contribution in [0.2, 0.25) is 0 Å². The van der Waals surface area contributed by atoms with Gasteiger partial charge in [-0.15, -0.1) is 0 Å². The van der Waals surface area contributed by atoms with E-state index in [0.29, 0.717) is 5.56 Å². The summed E-state index contributed by atoms with van der Waals surface area (Å²) in [7, 11) is 2.83. The van der Waals surface area contributed by atoms with Crippen molar-refractivity contribution in [2.75, 3.05) is 32.3 Å². The van der Waals surface area contributed by atoms with Crippen LogP contribution in [0.1, 0.15) is 24.5 Å². The van der Waals surface area contributed by atoms with Crippen LogP contribution >= 0.6 is 0 Å². The Kier molecular flexibility index (Phi) is 6.40. The van der Waals surface area contributed by atoms with Crippen molar-refractivity contribution in [1.82, 2.24) is 0 Å². The van der Waals surface area contributed by atoms with Crippen LogP contribution in [-0.4, -0.2) is 45.5 Å². The second-order valence-electron chi connectivity index (χ2n) is 5.55. The second-order valence-corrected chi connectivity index (χ2v) is 5.55. The molecule has 1 saturated heterocycles. The molecule has 1 aromatic rings. The van der Waals surface area contributed by atoms with Gasteiger partial charge < -0.3 is 14.4 Å². The molecule has 1 aliphatic heterocycles. The molecule has 130 valence electrons. The molecule has 0 saturated carbocycles. The van der Waals surface area contributed by atoms with Crippen LogP contribution in [0.25, 0.3) is 10.4 Å². The lowest BCUT2D eigenvalue weighted by atomic mass is 10.0. The van der Waals surface area contributed by atoms with Crippen LogP contribution in [0.15, 0.2) is 29.4 Å². The minimum atomic E-state index is -0.916. The van der Waals surface area contributed by atoms with E-state index in [4.69, 9.17) is 15.0 Å². The van der Waals surface area contributed by atoms with Crippen LogP contribution in [0.5, 0.6) is 0 Å². The topological polar surface area (TPSA) is 87.5 Å². The summed E-state index contributed by atoms with van der Waals surface area (Å²) in [5.41, 5.74) is 10.1. The molecule has 1 fully saturated rings. The van der Waals surface area contributed by atoms with Crippen molar-refractivity contribution in [1.29, 1.82) is 0 Å². The number of hydrogen-bond acceptors (Lipinski definition) is 5. The Balaban J connectivity index is 2.20. The lowest BCUT2D eigenvalue weighted by molar-refractivity contribution is -0.141. The van der Waals surface area contributed by atoms with Gasteiger partial charge in [-0.25, -0.2) is 4.79 Å². The summed E-state index contributed by atoms with van der Waals surface area (Å²) in [5.74, 6) is -0.243. The van der Waals surface area contributed by atoms with Gasteiger partial charge in [0.1, 0.15) is 12.7 Å². The molecule has 8 heteroatoms. The fourth-order valence-corrected chi connectivity index (χ4v) is 3.07. The summed E-state index contributed by atoms with van der Waals surface area (Å²) in [5, 5.41) is 3.45. The van der Waals surface area contributed by atoms with E-state index in [1.807, 2.05) is 17.0 Å². The Hall–Kier alpha value is -2.31. The molecule has 3 atom stereocenters. The van der Waals surface area contributed by atoms with Crippen molar-refractivity contribution >= 4 is 11.7 Å². The van der Waals surface area contributed by atoms with Crippen molar-refractivity contribution in [3.8, 4) is 0 Å². The second kappa shape index (κ2) is 8.52. The molecular weight excluding hydrogens is 315 g/mol. The number of benzene rings is 1. The predicted octanol–water partition coefficient (Wildman–Crippen LogP) is 3.16. The van der Waals surface area contributed by atoms with E-state index < -0.39 is 18.8 Å². The number of hydrogen-bond donors (Lipinski definition) is 0. The molecule has 0 N–H and O–H groups in total. The summed E-state index contributed by atoms with van der Waals surface area (Å²) in [4.78, 5) is 16.5. The van der Waals surface area contributed by atoms with Crippen molar-refractivity contribution in [3.63, 3.8) is 0 Å². The highest BCUT2D eigenvalue weighted by molar-refractivity contribution is 5.80. The zero-order valence-electron chi connectivity index (χ0n) is 13.8. The molecule has 0 aromatic heterocycles. The number of rotatable bonds is 7. The van der Waals surface area contributed by atoms with Gasteiger partial charge in [0, 0.05) is 24.3 Å². The molecule has 0 amide bonds. The number of nitrogens with zero attached hydrogens (tertiary/aromatic N) is 4. The smallest absolute Gasteiger partial charge is 0.328 e. The highest BCUT2D eigenvalue weighted by Crippen LogP contribution is 2.30. The lowest BCUT2D eigenvalue weighted by Crippen LogP contribution is -2.36. The zero-order valence-corrected chi connectivity index (χ0v) is 13.8. The number of halogens is 1. The van der Waals surface area contributed by atoms with Crippen molar-refractivity contribution < 1.29 is 18.7 Å². The first kappa shape index (κ1) is 18.0. The first-order valence-corrected chi connectivity index (χ1v) is 7.73. The van der Waals surface area contributed by atoms with Gasteiger partial charge in [-0.1, -0.05) is 17.2 Å². The molecule has 2 rings (SSSR count). The minimum Gasteiger partial charge on any atom is -0.467 e. The minimum absolute atomic E-state index is 0.243. The fourth-order valence-electron chi connectivity index (χ4n) is 3.07. The first-order chi connectivity index (χ1) is 11.7. The lowest BCUT2D eigenvalue weighted by Gasteiger charge is -2.26. The Morgan fingerprint density at radius 2 is 2.17 bits per heavy atom. The summed E-state index contributed by atoms with van der Waals surface area (Å²) in [6, 6.07) is 6.11. The third-order valence-electron chi connectivity index (χ3n) is 4.24. The average Bonchev–Trinajstić information content (AvgIpc) is 3.11. The molecular formula is C16H21FN4O3. The quantitative estimate of drug-likeness (QED) is 0.331. The summed E-state index contributed by atoms with van der Waals surface area (Å²) in [6.45, 7) is -0.0283. The molecule has 0 unspecified atom stereocenters. The Bertz CT molecular complexity index is 604. The van der Waals surface area contributed by atoms with Crippen LogP contribution in [0, 0.1) is 0 Å². The number of azide groups is 1. The monoisotopic (exact) mass is 336 g/mol. The summed E-state index contributed by atoms with van der Waals surface area (Å²) in [6.07, 6.45) is 1.02. The number of carbonyl (C=O) groups excluding carboxylic acids is 1. The Labute approximate surface area is 140 Å².